The molecule has 2 amide bonds. The lowest BCUT2D eigenvalue weighted by Gasteiger charge is -2.25. The first-order valence-corrected chi connectivity index (χ1v) is 11.3. The van der Waals surface area contributed by atoms with E-state index in [9.17, 15) is 13.2 Å². The highest BCUT2D eigenvalue weighted by Gasteiger charge is 2.17. The molecule has 0 unspecified atom stereocenters. The van der Waals surface area contributed by atoms with Crippen LogP contribution in [0.5, 0.6) is 5.75 Å². The fourth-order valence-electron chi connectivity index (χ4n) is 2.82. The molecule has 0 atom stereocenters. The number of aryl methyl sites for hydroxylation is 1. The van der Waals surface area contributed by atoms with Crippen LogP contribution in [0.25, 0.3) is 0 Å². The molecule has 0 saturated heterocycles. The number of urea groups is 1. The Bertz CT molecular complexity index is 938. The molecule has 0 aliphatic heterocycles. The molecule has 0 fully saturated rings. The molecular weight excluding hydrogens is 388 g/mol. The van der Waals surface area contributed by atoms with Crippen LogP contribution in [0.2, 0.25) is 0 Å². The van der Waals surface area contributed by atoms with Crippen LogP contribution in [-0.2, 0) is 16.7 Å². The van der Waals surface area contributed by atoms with Gasteiger partial charge in [0.1, 0.15) is 5.75 Å². The highest BCUT2D eigenvalue weighted by Crippen LogP contribution is 2.20. The van der Waals surface area contributed by atoms with E-state index in [1.165, 1.54) is 6.92 Å². The number of carbonyl (C=O) groups is 1. The summed E-state index contributed by atoms with van der Waals surface area (Å²) in [6.07, 6.45) is 0. The Hall–Kier alpha value is -2.54. The van der Waals surface area contributed by atoms with E-state index in [1.54, 1.807) is 29.2 Å². The smallest absolute Gasteiger partial charge is 0.322 e. The second-order valence-electron chi connectivity index (χ2n) is 7.53. The molecule has 0 aromatic heterocycles. The van der Waals surface area contributed by atoms with Gasteiger partial charge in [-0.3, -0.25) is 0 Å². The Morgan fingerprint density at radius 3 is 2.34 bits per heavy atom. The zero-order valence-corrected chi connectivity index (χ0v) is 18.5. The maximum absolute atomic E-state index is 12.9. The monoisotopic (exact) mass is 418 g/mol. The van der Waals surface area contributed by atoms with Gasteiger partial charge < -0.3 is 14.4 Å². The first kappa shape index (κ1) is 22.7. The van der Waals surface area contributed by atoms with Crippen molar-refractivity contribution in [1.82, 2.24) is 4.90 Å². The van der Waals surface area contributed by atoms with Crippen molar-refractivity contribution in [3.05, 3.63) is 59.2 Å². The summed E-state index contributed by atoms with van der Waals surface area (Å²) in [5.74, 6) is 0.484. The van der Waals surface area contributed by atoms with Crippen molar-refractivity contribution in [2.75, 3.05) is 17.6 Å². The minimum atomic E-state index is -3.55. The van der Waals surface area contributed by atoms with Crippen molar-refractivity contribution >= 4 is 21.8 Å². The van der Waals surface area contributed by atoms with Crippen LogP contribution in [0.1, 0.15) is 37.5 Å². The Morgan fingerprint density at radius 1 is 1.10 bits per heavy atom. The fourth-order valence-corrected chi connectivity index (χ4v) is 3.34. The van der Waals surface area contributed by atoms with Gasteiger partial charge in [0.2, 0.25) is 0 Å². The topological polar surface area (TPSA) is 75.7 Å². The third-order valence-corrected chi connectivity index (χ3v) is 5.75. The minimum absolute atomic E-state index is 0.0878. The Labute approximate surface area is 174 Å². The normalized spacial score (nSPS) is 11.4. The summed E-state index contributed by atoms with van der Waals surface area (Å²) in [6.45, 7) is 10.7. The van der Waals surface area contributed by atoms with E-state index < -0.39 is 10.1 Å². The van der Waals surface area contributed by atoms with E-state index in [2.05, 4.69) is 19.2 Å². The summed E-state index contributed by atoms with van der Waals surface area (Å²) < 4.78 is 28.2. The number of nitrogens with one attached hydrogen (secondary N) is 1. The number of rotatable bonds is 8. The van der Waals surface area contributed by atoms with Gasteiger partial charge in [-0.1, -0.05) is 38.1 Å². The molecule has 0 radical (unpaired) electrons. The Balaban J connectivity index is 2.13. The van der Waals surface area contributed by atoms with Crippen molar-refractivity contribution in [3.8, 4) is 5.75 Å². The molecule has 2 aromatic rings. The lowest BCUT2D eigenvalue weighted by molar-refractivity contribution is 0.201. The predicted octanol–water partition coefficient (Wildman–Crippen LogP) is 4.72. The number of hydrogen-bond acceptors (Lipinski definition) is 4. The van der Waals surface area contributed by atoms with Crippen LogP contribution in [0.3, 0.4) is 0 Å². The van der Waals surface area contributed by atoms with E-state index in [0.717, 1.165) is 22.4 Å². The maximum atomic E-state index is 12.9. The molecule has 158 valence electrons. The van der Waals surface area contributed by atoms with Crippen molar-refractivity contribution in [3.63, 3.8) is 0 Å². The largest absolute Gasteiger partial charge is 0.382 e. The van der Waals surface area contributed by atoms with Gasteiger partial charge in [0.25, 0.3) is 0 Å². The molecule has 0 heterocycles. The standard InChI is InChI=1S/C22H30N2O4S/c1-6-29(26,27)28-20-12-10-19(11-13-20)15-24(14-16(2)3)22(25)23-21-9-7-8-17(4)18(21)5/h7-13,16H,6,14-15H2,1-5H3,(H,23,25). The molecule has 2 aromatic carbocycles. The van der Waals surface area contributed by atoms with Gasteiger partial charge in [-0.25, -0.2) is 4.79 Å². The third kappa shape index (κ3) is 6.78. The van der Waals surface area contributed by atoms with Crippen molar-refractivity contribution < 1.29 is 17.4 Å². The molecule has 1 N–H and O–H groups in total. The zero-order valence-electron chi connectivity index (χ0n) is 17.7. The molecule has 29 heavy (non-hydrogen) atoms. The molecule has 2 rings (SSSR count). The number of nitrogens with zero attached hydrogens (tertiary/aromatic N) is 1. The number of anilines is 1. The van der Waals surface area contributed by atoms with Crippen LogP contribution in [0.15, 0.2) is 42.5 Å². The molecule has 0 bridgehead atoms. The first-order chi connectivity index (χ1) is 13.6. The highest BCUT2D eigenvalue weighted by atomic mass is 32.2. The summed E-state index contributed by atoms with van der Waals surface area (Å²) in [7, 11) is -3.55. The van der Waals surface area contributed by atoms with E-state index in [-0.39, 0.29) is 17.5 Å². The van der Waals surface area contributed by atoms with E-state index >= 15 is 0 Å². The van der Waals surface area contributed by atoms with Crippen LogP contribution >= 0.6 is 0 Å². The Kier molecular flexibility index (Phi) is 7.67. The second kappa shape index (κ2) is 9.78. The molecule has 0 spiro atoms. The number of amides is 2. The average molecular weight is 419 g/mol. The van der Waals surface area contributed by atoms with Crippen LogP contribution in [0, 0.1) is 19.8 Å². The third-order valence-electron chi connectivity index (χ3n) is 4.59. The zero-order chi connectivity index (χ0) is 21.6. The summed E-state index contributed by atoms with van der Waals surface area (Å²) in [4.78, 5) is 14.7. The van der Waals surface area contributed by atoms with Gasteiger partial charge >= 0.3 is 16.1 Å². The summed E-state index contributed by atoms with van der Waals surface area (Å²) in [6, 6.07) is 12.4. The van der Waals surface area contributed by atoms with Gasteiger partial charge in [-0.15, -0.1) is 0 Å². The number of benzene rings is 2. The lowest BCUT2D eigenvalue weighted by Crippen LogP contribution is -2.37. The van der Waals surface area contributed by atoms with Crippen LogP contribution in [-0.4, -0.2) is 31.6 Å². The van der Waals surface area contributed by atoms with Crippen molar-refractivity contribution in [1.29, 1.82) is 0 Å². The molecule has 0 aliphatic rings. The van der Waals surface area contributed by atoms with Crippen LogP contribution < -0.4 is 9.50 Å². The number of hydrogen-bond donors (Lipinski definition) is 1. The molecule has 0 saturated carbocycles. The number of carbonyl (C=O) groups excluding carboxylic acids is 1. The lowest BCUT2D eigenvalue weighted by atomic mass is 10.1. The molecule has 7 heteroatoms. The van der Waals surface area contributed by atoms with Gasteiger partial charge in [0.05, 0.1) is 5.75 Å². The second-order valence-corrected chi connectivity index (χ2v) is 9.39. The predicted molar refractivity (Wildman–Crippen MR) is 117 cm³/mol. The summed E-state index contributed by atoms with van der Waals surface area (Å²) in [5, 5.41) is 3.01. The quantitative estimate of drug-likeness (QED) is 0.629. The van der Waals surface area contributed by atoms with E-state index in [1.807, 2.05) is 32.0 Å². The highest BCUT2D eigenvalue weighted by molar-refractivity contribution is 7.87. The minimum Gasteiger partial charge on any atom is -0.382 e. The van der Waals surface area contributed by atoms with Gasteiger partial charge in [0.15, 0.2) is 0 Å². The van der Waals surface area contributed by atoms with E-state index in [0.29, 0.717) is 19.0 Å². The average Bonchev–Trinajstić information content (AvgIpc) is 2.66. The summed E-state index contributed by atoms with van der Waals surface area (Å²) >= 11 is 0. The summed E-state index contributed by atoms with van der Waals surface area (Å²) in [5.41, 5.74) is 3.86. The SMILES string of the molecule is CCS(=O)(=O)Oc1ccc(CN(CC(C)C)C(=O)Nc2cccc(C)c2C)cc1. The molecule has 0 aliphatic carbocycles. The van der Waals surface area contributed by atoms with Crippen molar-refractivity contribution in [2.24, 2.45) is 5.92 Å². The first-order valence-electron chi connectivity index (χ1n) is 9.74. The molecule has 6 nitrogen and oxygen atoms in total. The fraction of sp³-hybridized carbons (Fsp3) is 0.409. The van der Waals surface area contributed by atoms with Gasteiger partial charge in [-0.2, -0.15) is 8.42 Å². The Morgan fingerprint density at radius 2 is 1.76 bits per heavy atom. The van der Waals surface area contributed by atoms with E-state index in [4.69, 9.17) is 4.18 Å². The van der Waals surface area contributed by atoms with Gasteiger partial charge in [-0.05, 0) is 61.6 Å². The van der Waals surface area contributed by atoms with Gasteiger partial charge in [0, 0.05) is 18.8 Å². The van der Waals surface area contributed by atoms with Crippen molar-refractivity contribution in [2.45, 2.75) is 41.2 Å². The maximum Gasteiger partial charge on any atom is 0.322 e. The van der Waals surface area contributed by atoms with Crippen LogP contribution in [0.4, 0.5) is 10.5 Å². The molecular formula is C22H30N2O4S.